The maximum Gasteiger partial charge on any atom is 0.126 e. The zero-order chi connectivity index (χ0) is 15.1. The molecule has 0 heterocycles. The van der Waals surface area contributed by atoms with Crippen LogP contribution in [0.5, 0.6) is 5.75 Å². The largest absolute Gasteiger partial charge is 0.465 e. The van der Waals surface area contributed by atoms with E-state index in [1.165, 1.54) is 35.1 Å². The number of allylic oxidation sites excluding steroid dienone is 1. The fourth-order valence-corrected chi connectivity index (χ4v) is 2.39. The molecule has 1 nitrogen and oxygen atoms in total. The molecule has 0 amide bonds. The maximum absolute atomic E-state index is 5.89. The van der Waals surface area contributed by atoms with Crippen LogP contribution in [0.2, 0.25) is 0 Å². The van der Waals surface area contributed by atoms with Crippen LogP contribution >= 0.6 is 0 Å². The highest BCUT2D eigenvalue weighted by molar-refractivity contribution is 5.67. The van der Waals surface area contributed by atoms with Crippen molar-refractivity contribution in [3.05, 3.63) is 71.5 Å². The molecule has 0 fully saturated rings. The molecule has 110 valence electrons. The summed E-state index contributed by atoms with van der Waals surface area (Å²) in [6.07, 6.45) is 5.34. The molecule has 1 heteroatoms. The Hall–Kier alpha value is -2.02. The smallest absolute Gasteiger partial charge is 0.126 e. The average Bonchev–Trinajstić information content (AvgIpc) is 2.48. The van der Waals surface area contributed by atoms with Gasteiger partial charge in [0.25, 0.3) is 0 Å². The summed E-state index contributed by atoms with van der Waals surface area (Å²) in [6.45, 7) is 6.45. The molecule has 0 spiro atoms. The van der Waals surface area contributed by atoms with Gasteiger partial charge in [0, 0.05) is 0 Å². The zero-order valence-corrected chi connectivity index (χ0v) is 13.2. The van der Waals surface area contributed by atoms with Crippen LogP contribution in [-0.4, -0.2) is 0 Å². The first-order valence-corrected chi connectivity index (χ1v) is 7.69. The normalized spacial score (nSPS) is 11.5. The van der Waals surface area contributed by atoms with E-state index in [0.717, 1.165) is 12.2 Å². The van der Waals surface area contributed by atoms with Gasteiger partial charge in [-0.15, -0.1) is 0 Å². The van der Waals surface area contributed by atoms with Gasteiger partial charge in [-0.1, -0.05) is 49.7 Å². The van der Waals surface area contributed by atoms with Crippen molar-refractivity contribution < 1.29 is 4.74 Å². The zero-order valence-electron chi connectivity index (χ0n) is 13.2. The molecule has 0 aliphatic heterocycles. The monoisotopic (exact) mass is 280 g/mol. The van der Waals surface area contributed by atoms with Crippen molar-refractivity contribution in [1.29, 1.82) is 0 Å². The van der Waals surface area contributed by atoms with Gasteiger partial charge in [0.05, 0.1) is 6.26 Å². The molecule has 2 rings (SSSR count). The summed E-state index contributed by atoms with van der Waals surface area (Å²) in [7, 11) is 0. The summed E-state index contributed by atoms with van der Waals surface area (Å²) in [6, 6.07) is 16.7. The predicted octanol–water partition coefficient (Wildman–Crippen LogP) is 5.91. The van der Waals surface area contributed by atoms with E-state index >= 15 is 0 Å². The van der Waals surface area contributed by atoms with Gasteiger partial charge >= 0.3 is 0 Å². The second-order valence-electron chi connectivity index (χ2n) is 5.50. The topological polar surface area (TPSA) is 9.23 Å². The molecule has 0 saturated heterocycles. The van der Waals surface area contributed by atoms with Crippen LogP contribution in [0.3, 0.4) is 0 Å². The van der Waals surface area contributed by atoms with E-state index in [2.05, 4.69) is 57.2 Å². The van der Waals surface area contributed by atoms with Crippen LogP contribution in [0.1, 0.15) is 42.9 Å². The molecular formula is C20H24O. The van der Waals surface area contributed by atoms with Crippen molar-refractivity contribution in [2.45, 2.75) is 40.0 Å². The molecule has 0 aliphatic rings. The molecule has 0 unspecified atom stereocenters. The van der Waals surface area contributed by atoms with E-state index in [1.54, 1.807) is 0 Å². The van der Waals surface area contributed by atoms with Crippen molar-refractivity contribution in [2.24, 2.45) is 0 Å². The third-order valence-electron chi connectivity index (χ3n) is 3.62. The van der Waals surface area contributed by atoms with E-state index < -0.39 is 0 Å². The minimum absolute atomic E-state index is 0.901. The van der Waals surface area contributed by atoms with E-state index in [4.69, 9.17) is 4.74 Å². The Bertz CT molecular complexity index is 611. The summed E-state index contributed by atoms with van der Waals surface area (Å²) in [5.41, 5.74) is 5.08. The molecule has 0 atom stereocenters. The Morgan fingerprint density at radius 2 is 1.86 bits per heavy atom. The first kappa shape index (κ1) is 15.4. The van der Waals surface area contributed by atoms with Crippen molar-refractivity contribution >= 4 is 5.57 Å². The third-order valence-corrected chi connectivity index (χ3v) is 3.62. The van der Waals surface area contributed by atoms with Crippen molar-refractivity contribution in [2.75, 3.05) is 0 Å². The Balaban J connectivity index is 2.23. The van der Waals surface area contributed by atoms with Gasteiger partial charge in [-0.2, -0.15) is 0 Å². The molecule has 0 aliphatic carbocycles. The minimum atomic E-state index is 0.901. The number of aryl methyl sites for hydroxylation is 2. The van der Waals surface area contributed by atoms with Gasteiger partial charge in [-0.25, -0.2) is 0 Å². The second kappa shape index (κ2) is 7.68. The highest BCUT2D eigenvalue weighted by atomic mass is 16.5. The molecule has 0 saturated carbocycles. The fraction of sp³-hybridized carbons (Fsp3) is 0.300. The standard InChI is InChI=1S/C20H24O/c1-4-5-11-18(20-13-7-6-10-17(20)3)15-21-19-12-8-9-16(2)14-19/h6-10,12-15H,4-5,11H2,1-3H3/b18-15-. The van der Waals surface area contributed by atoms with Crippen LogP contribution in [-0.2, 0) is 0 Å². The maximum atomic E-state index is 5.89. The molecule has 0 bridgehead atoms. The van der Waals surface area contributed by atoms with Crippen LogP contribution in [0.15, 0.2) is 54.8 Å². The molecule has 0 radical (unpaired) electrons. The average molecular weight is 280 g/mol. The van der Waals surface area contributed by atoms with E-state index in [-0.39, 0.29) is 0 Å². The number of hydrogen-bond acceptors (Lipinski definition) is 1. The van der Waals surface area contributed by atoms with Crippen molar-refractivity contribution in [3.63, 3.8) is 0 Å². The third kappa shape index (κ3) is 4.49. The van der Waals surface area contributed by atoms with Gasteiger partial charge in [-0.3, -0.25) is 0 Å². The first-order valence-electron chi connectivity index (χ1n) is 7.69. The summed E-state index contributed by atoms with van der Waals surface area (Å²) >= 11 is 0. The Labute approximate surface area is 128 Å². The lowest BCUT2D eigenvalue weighted by atomic mass is 9.97. The fourth-order valence-electron chi connectivity index (χ4n) is 2.39. The van der Waals surface area contributed by atoms with E-state index in [0.29, 0.717) is 0 Å². The molecule has 0 aromatic heterocycles. The SMILES string of the molecule is CCCC/C(=C/Oc1cccc(C)c1)c1ccccc1C. The summed E-state index contributed by atoms with van der Waals surface area (Å²) in [5.74, 6) is 0.901. The number of rotatable bonds is 6. The Morgan fingerprint density at radius 1 is 1.05 bits per heavy atom. The van der Waals surface area contributed by atoms with Gasteiger partial charge in [-0.05, 0) is 61.1 Å². The molecule has 0 N–H and O–H groups in total. The highest BCUT2D eigenvalue weighted by Crippen LogP contribution is 2.25. The van der Waals surface area contributed by atoms with Crippen molar-refractivity contribution in [1.82, 2.24) is 0 Å². The molecule has 21 heavy (non-hydrogen) atoms. The van der Waals surface area contributed by atoms with Gasteiger partial charge in [0.2, 0.25) is 0 Å². The summed E-state index contributed by atoms with van der Waals surface area (Å²) in [5, 5.41) is 0. The lowest BCUT2D eigenvalue weighted by Crippen LogP contribution is -1.93. The quantitative estimate of drug-likeness (QED) is 0.597. The first-order chi connectivity index (χ1) is 10.2. The lowest BCUT2D eigenvalue weighted by Gasteiger charge is -2.11. The van der Waals surface area contributed by atoms with Crippen LogP contribution in [0.4, 0.5) is 0 Å². The Kier molecular flexibility index (Phi) is 5.62. The summed E-state index contributed by atoms with van der Waals surface area (Å²) in [4.78, 5) is 0. The van der Waals surface area contributed by atoms with Gasteiger partial charge in [0.1, 0.15) is 5.75 Å². The van der Waals surface area contributed by atoms with E-state index in [1.807, 2.05) is 18.4 Å². The van der Waals surface area contributed by atoms with Crippen LogP contribution in [0, 0.1) is 13.8 Å². The molecule has 2 aromatic carbocycles. The van der Waals surface area contributed by atoms with Gasteiger partial charge in [0.15, 0.2) is 0 Å². The molecule has 2 aromatic rings. The second-order valence-corrected chi connectivity index (χ2v) is 5.50. The number of unbranched alkanes of at least 4 members (excludes halogenated alkanes) is 1. The summed E-state index contributed by atoms with van der Waals surface area (Å²) < 4.78 is 5.89. The number of ether oxygens (including phenoxy) is 1. The lowest BCUT2D eigenvalue weighted by molar-refractivity contribution is 0.481. The highest BCUT2D eigenvalue weighted by Gasteiger charge is 2.05. The number of benzene rings is 2. The Morgan fingerprint density at radius 3 is 2.57 bits per heavy atom. The van der Waals surface area contributed by atoms with Crippen molar-refractivity contribution in [3.8, 4) is 5.75 Å². The predicted molar refractivity (Wildman–Crippen MR) is 90.5 cm³/mol. The minimum Gasteiger partial charge on any atom is -0.465 e. The number of hydrogen-bond donors (Lipinski definition) is 0. The van der Waals surface area contributed by atoms with Crippen LogP contribution in [0.25, 0.3) is 5.57 Å². The van der Waals surface area contributed by atoms with Crippen LogP contribution < -0.4 is 4.74 Å². The van der Waals surface area contributed by atoms with E-state index in [9.17, 15) is 0 Å². The molecular weight excluding hydrogens is 256 g/mol. The van der Waals surface area contributed by atoms with Gasteiger partial charge < -0.3 is 4.74 Å².